The number of esters is 3. The first-order valence-corrected chi connectivity index (χ1v) is 17.0. The highest BCUT2D eigenvalue weighted by molar-refractivity contribution is 5.89. The maximum atomic E-state index is 14.4. The van der Waals surface area contributed by atoms with E-state index in [1.165, 1.54) is 43.3 Å². The third-order valence-electron chi connectivity index (χ3n) is 9.61. The van der Waals surface area contributed by atoms with Crippen LogP contribution in [-0.4, -0.2) is 71.4 Å². The van der Waals surface area contributed by atoms with Crippen LogP contribution in [0.4, 0.5) is 13.2 Å². The maximum Gasteiger partial charge on any atom is 0.430 e. The molecule has 0 amide bonds. The Morgan fingerprint density at radius 2 is 1.18 bits per heavy atom. The highest BCUT2D eigenvalue weighted by atomic mass is 19.4. The smallest absolute Gasteiger partial charge is 0.430 e. The summed E-state index contributed by atoms with van der Waals surface area (Å²) in [5.74, 6) is -4.34. The van der Waals surface area contributed by atoms with Gasteiger partial charge < -0.3 is 28.6 Å². The molecule has 2 aromatic carbocycles. The topological polar surface area (TPSA) is 119 Å². The van der Waals surface area contributed by atoms with Crippen LogP contribution in [0.2, 0.25) is 0 Å². The quantitative estimate of drug-likeness (QED) is 0.139. The van der Waals surface area contributed by atoms with Gasteiger partial charge in [-0.2, -0.15) is 13.2 Å². The van der Waals surface area contributed by atoms with Crippen LogP contribution in [0.25, 0.3) is 0 Å². The van der Waals surface area contributed by atoms with E-state index in [1.54, 1.807) is 0 Å². The summed E-state index contributed by atoms with van der Waals surface area (Å²) in [6, 6.07) is 19.5. The summed E-state index contributed by atoms with van der Waals surface area (Å²) in [4.78, 5) is 48.7. The van der Waals surface area contributed by atoms with Gasteiger partial charge in [0.25, 0.3) is 5.60 Å². The van der Waals surface area contributed by atoms with Crippen molar-refractivity contribution >= 4 is 23.9 Å². The molecule has 2 unspecified atom stereocenters. The number of ether oxygens (including phenoxy) is 3. The van der Waals surface area contributed by atoms with Gasteiger partial charge in [-0.1, -0.05) is 60.7 Å². The first-order chi connectivity index (χ1) is 23.1. The van der Waals surface area contributed by atoms with Crippen molar-refractivity contribution in [3.8, 4) is 0 Å². The lowest BCUT2D eigenvalue weighted by Crippen LogP contribution is -2.60. The Kier molecular flexibility index (Phi) is 12.2. The van der Waals surface area contributed by atoms with Crippen LogP contribution in [0.5, 0.6) is 0 Å². The normalized spacial score (nSPS) is 21.3. The lowest BCUT2D eigenvalue weighted by atomic mass is 9.85. The Morgan fingerprint density at radius 1 is 0.755 bits per heavy atom. The van der Waals surface area contributed by atoms with E-state index in [9.17, 15) is 27.6 Å². The number of rotatable bonds is 10. The number of carboxylic acids is 1. The van der Waals surface area contributed by atoms with Crippen molar-refractivity contribution in [2.24, 2.45) is 0 Å². The molecule has 9 nitrogen and oxygen atoms in total. The standard InChI is InChI=1S/C35H46NO6.C2HF3O2/c1-34(2,3)41-31(37)18-10-11-19-32(38)42-35(26-14-6-4-7-15-26,27-16-8-5-9-17-27)33(39)40-30-24-28-20-21-29(25-30)36(28)22-12-13-23-36;3-2(4,5)1(6)7/h4-9,14-17,28-30H,10-13,18-25H2,1-3H3;(H,6,7)/q+1;/p-1. The highest BCUT2D eigenvalue weighted by Crippen LogP contribution is 2.47. The predicted octanol–water partition coefficient (Wildman–Crippen LogP) is 5.52. The van der Waals surface area contributed by atoms with Crippen LogP contribution in [0.1, 0.15) is 96.1 Å². The summed E-state index contributed by atoms with van der Waals surface area (Å²) in [5, 5.41) is 8.78. The summed E-state index contributed by atoms with van der Waals surface area (Å²) in [5.41, 5.74) is -1.15. The van der Waals surface area contributed by atoms with Crippen molar-refractivity contribution < 1.29 is 56.1 Å². The zero-order chi connectivity index (χ0) is 35.9. The number of carbonyl (C=O) groups excluding carboxylic acids is 4. The Balaban J connectivity index is 0.000000698. The molecule has 0 saturated carbocycles. The van der Waals surface area contributed by atoms with E-state index in [0.717, 1.165) is 12.8 Å². The summed E-state index contributed by atoms with van der Waals surface area (Å²) in [7, 11) is 0. The molecule has 12 heteroatoms. The molecule has 0 aromatic heterocycles. The summed E-state index contributed by atoms with van der Waals surface area (Å²) < 4.78 is 50.7. The van der Waals surface area contributed by atoms with Gasteiger partial charge in [0.05, 0.1) is 25.2 Å². The second-order valence-electron chi connectivity index (χ2n) is 14.1. The number of benzene rings is 2. The lowest BCUT2D eigenvalue weighted by Gasteiger charge is -2.47. The second-order valence-corrected chi connectivity index (χ2v) is 14.1. The SMILES string of the molecule is CC(C)(C)OC(=O)CCCCC(=O)OC(C(=O)OC1CC2CCC(C1)[N+]21CCCC1)(c1ccccc1)c1ccccc1.O=C([O-])C(F)(F)F. The zero-order valence-electron chi connectivity index (χ0n) is 28.3. The number of hydrogen-bond acceptors (Lipinski definition) is 8. The number of aliphatic carboxylic acids is 1. The van der Waals surface area contributed by atoms with Gasteiger partial charge in [-0.15, -0.1) is 0 Å². The molecule has 2 atom stereocenters. The summed E-state index contributed by atoms with van der Waals surface area (Å²) in [6.45, 7) is 7.99. The zero-order valence-corrected chi connectivity index (χ0v) is 28.3. The number of quaternary nitrogens is 1. The minimum Gasteiger partial charge on any atom is -0.542 e. The molecule has 2 aromatic rings. The predicted molar refractivity (Wildman–Crippen MR) is 170 cm³/mol. The Bertz CT molecular complexity index is 1380. The van der Waals surface area contributed by atoms with E-state index in [2.05, 4.69) is 0 Å². The number of alkyl halides is 3. The molecule has 0 aliphatic carbocycles. The molecule has 5 rings (SSSR count). The van der Waals surface area contributed by atoms with Gasteiger partial charge in [0, 0.05) is 62.5 Å². The molecule has 268 valence electrons. The average molecular weight is 690 g/mol. The molecule has 3 aliphatic heterocycles. The fourth-order valence-corrected chi connectivity index (χ4v) is 7.60. The van der Waals surface area contributed by atoms with Crippen LogP contribution in [-0.2, 0) is 39.0 Å². The number of hydrogen-bond donors (Lipinski definition) is 0. The van der Waals surface area contributed by atoms with Crippen LogP contribution in [0.15, 0.2) is 60.7 Å². The van der Waals surface area contributed by atoms with Gasteiger partial charge in [0.2, 0.25) is 0 Å². The van der Waals surface area contributed by atoms with Gasteiger partial charge >= 0.3 is 24.1 Å². The Morgan fingerprint density at radius 3 is 1.59 bits per heavy atom. The molecule has 3 fully saturated rings. The fraction of sp³-hybridized carbons (Fsp3) is 0.568. The van der Waals surface area contributed by atoms with Crippen molar-refractivity contribution in [3.63, 3.8) is 0 Å². The minimum absolute atomic E-state index is 0.0745. The Hall–Kier alpha value is -3.93. The van der Waals surface area contributed by atoms with E-state index >= 15 is 0 Å². The van der Waals surface area contributed by atoms with E-state index in [-0.39, 0.29) is 24.9 Å². The Labute approximate surface area is 285 Å². The molecule has 3 heterocycles. The number of halogens is 3. The molecule has 49 heavy (non-hydrogen) atoms. The van der Waals surface area contributed by atoms with E-state index < -0.39 is 35.3 Å². The first-order valence-electron chi connectivity index (χ1n) is 17.0. The second kappa shape index (κ2) is 15.7. The molecular formula is C37H46F3NO8. The van der Waals surface area contributed by atoms with Crippen LogP contribution in [0.3, 0.4) is 0 Å². The fourth-order valence-electron chi connectivity index (χ4n) is 7.60. The third kappa shape index (κ3) is 9.40. The largest absolute Gasteiger partial charge is 0.542 e. The van der Waals surface area contributed by atoms with Crippen LogP contribution in [0, 0.1) is 0 Å². The monoisotopic (exact) mass is 689 g/mol. The highest BCUT2D eigenvalue weighted by Gasteiger charge is 2.57. The first kappa shape index (κ1) is 37.9. The molecule has 0 N–H and O–H groups in total. The van der Waals surface area contributed by atoms with Crippen molar-refractivity contribution in [2.45, 2.75) is 121 Å². The van der Waals surface area contributed by atoms with E-state index in [1.807, 2.05) is 81.4 Å². The molecule has 3 aliphatic rings. The molecule has 1 spiro atoms. The number of unbranched alkanes of at least 4 members (excludes halogenated alkanes) is 1. The number of nitrogens with zero attached hydrogens (tertiary/aromatic N) is 1. The molecule has 2 bridgehead atoms. The lowest BCUT2D eigenvalue weighted by molar-refractivity contribution is -0.956. The summed E-state index contributed by atoms with van der Waals surface area (Å²) >= 11 is 0. The van der Waals surface area contributed by atoms with Gasteiger partial charge in [-0.25, -0.2) is 4.79 Å². The number of piperidine rings is 1. The van der Waals surface area contributed by atoms with E-state index in [0.29, 0.717) is 36.1 Å². The van der Waals surface area contributed by atoms with Crippen LogP contribution >= 0.6 is 0 Å². The van der Waals surface area contributed by atoms with Crippen molar-refractivity contribution in [1.29, 1.82) is 0 Å². The van der Waals surface area contributed by atoms with E-state index in [4.69, 9.17) is 24.1 Å². The van der Waals surface area contributed by atoms with Gasteiger partial charge in [0.1, 0.15) is 17.7 Å². The minimum atomic E-state index is -5.19. The van der Waals surface area contributed by atoms with Crippen molar-refractivity contribution in [2.75, 3.05) is 13.1 Å². The van der Waals surface area contributed by atoms with Gasteiger partial charge in [-0.05, 0) is 33.6 Å². The molecule has 3 saturated heterocycles. The van der Waals surface area contributed by atoms with Crippen molar-refractivity contribution in [1.82, 2.24) is 0 Å². The maximum absolute atomic E-state index is 14.4. The van der Waals surface area contributed by atoms with Crippen LogP contribution < -0.4 is 5.11 Å². The number of carbonyl (C=O) groups is 4. The van der Waals surface area contributed by atoms with Gasteiger partial charge in [0.15, 0.2) is 0 Å². The number of carboxylic acid groups (broad SMARTS) is 1. The summed E-state index contributed by atoms with van der Waals surface area (Å²) in [6.07, 6.45) is 2.53. The molecule has 0 radical (unpaired) electrons. The van der Waals surface area contributed by atoms with Crippen molar-refractivity contribution in [3.05, 3.63) is 71.8 Å². The third-order valence-corrected chi connectivity index (χ3v) is 9.61. The van der Waals surface area contributed by atoms with Gasteiger partial charge in [-0.3, -0.25) is 9.59 Å². The average Bonchev–Trinajstić information content (AvgIpc) is 3.58. The molecular weight excluding hydrogens is 643 g/mol.